The molecule has 0 aliphatic heterocycles. The largest absolute Gasteiger partial charge is 0.276 e. The first-order chi connectivity index (χ1) is 2.94. The van der Waals surface area contributed by atoms with Crippen LogP contribution < -0.4 is 5.14 Å². The van der Waals surface area contributed by atoms with Crippen molar-refractivity contribution in [2.45, 2.75) is 0 Å². The normalized spacial score (nSPS) is 11.0. The molecule has 0 aliphatic carbocycles. The van der Waals surface area contributed by atoms with Gasteiger partial charge >= 0.3 is 0 Å². The van der Waals surface area contributed by atoms with Crippen LogP contribution in [0.4, 0.5) is 0 Å². The third kappa shape index (κ3) is 4.51. The Morgan fingerprint density at radius 1 is 1.38 bits per heavy atom. The van der Waals surface area contributed by atoms with Gasteiger partial charge in [0.2, 0.25) is 0 Å². The average Bonchev–Trinajstić information content (AvgIpc) is 1.31. The van der Waals surface area contributed by atoms with Crippen LogP contribution in [0.25, 0.3) is 0 Å². The van der Waals surface area contributed by atoms with Crippen molar-refractivity contribution < 1.29 is 8.42 Å². The van der Waals surface area contributed by atoms with E-state index in [0.29, 0.717) is 0 Å². The quantitative estimate of drug-likeness (QED) is 0.617. The number of hydrogen-bond donors (Lipinski definition) is 1. The van der Waals surface area contributed by atoms with Gasteiger partial charge in [-0.25, -0.2) is 5.14 Å². The molecule has 0 atom stereocenters. The summed E-state index contributed by atoms with van der Waals surface area (Å²) < 4.78 is 21.0. The second-order valence-corrected chi connectivity index (χ2v) is 3.09. The van der Waals surface area contributed by atoms with Crippen molar-refractivity contribution in [3.05, 3.63) is 0 Å². The number of halogens is 1. The highest BCUT2D eigenvalue weighted by atomic mass is 79.9. The van der Waals surface area contributed by atoms with Crippen LogP contribution in [0.2, 0.25) is 0 Å². The molecule has 4 nitrogen and oxygen atoms in total. The van der Waals surface area contributed by atoms with Gasteiger partial charge in [-0.1, -0.05) is 0 Å². The van der Waals surface area contributed by atoms with Gasteiger partial charge in [0.25, 0.3) is 10.2 Å². The zero-order chi connectivity index (χ0) is 6.08. The fourth-order valence-electron chi connectivity index (χ4n) is 0. The van der Waals surface area contributed by atoms with Crippen LogP contribution in [0.3, 0.4) is 0 Å². The molecule has 0 aliphatic rings. The molecule has 8 heavy (non-hydrogen) atoms. The molecule has 0 rings (SSSR count). The van der Waals surface area contributed by atoms with Crippen LogP contribution in [-0.4, -0.2) is 26.8 Å². The van der Waals surface area contributed by atoms with E-state index in [2.05, 4.69) is 5.14 Å². The molecule has 52 valence electrons. The molecule has 0 saturated carbocycles. The Bertz CT molecular complexity index is 140. The highest BCUT2D eigenvalue weighted by Gasteiger charge is 2.01. The summed E-state index contributed by atoms with van der Waals surface area (Å²) in [5.74, 6) is 0. The Morgan fingerprint density at radius 2 is 1.50 bits per heavy atom. The lowest BCUT2D eigenvalue weighted by Gasteiger charge is -2.02. The summed E-state index contributed by atoms with van der Waals surface area (Å²) in [7, 11) is -0.667. The molecule has 0 aromatic heterocycles. The van der Waals surface area contributed by atoms with E-state index >= 15 is 0 Å². The minimum atomic E-state index is -3.41. The third-order valence-corrected chi connectivity index (χ3v) is 1.53. The first kappa shape index (κ1) is 11.2. The van der Waals surface area contributed by atoms with Gasteiger partial charge in [0.05, 0.1) is 0 Å². The second kappa shape index (κ2) is 3.39. The van der Waals surface area contributed by atoms with Gasteiger partial charge in [-0.3, -0.25) is 0 Å². The van der Waals surface area contributed by atoms with E-state index in [4.69, 9.17) is 0 Å². The third-order valence-electron chi connectivity index (χ3n) is 0.509. The monoisotopic (exact) mass is 204 g/mol. The van der Waals surface area contributed by atoms with Crippen LogP contribution >= 0.6 is 17.0 Å². The Balaban J connectivity index is 0. The molecule has 0 fully saturated rings. The fraction of sp³-hybridized carbons (Fsp3) is 1.00. The van der Waals surface area contributed by atoms with Crippen molar-refractivity contribution >= 4 is 27.2 Å². The molecule has 0 radical (unpaired) electrons. The zero-order valence-corrected chi connectivity index (χ0v) is 7.19. The number of nitrogens with two attached hydrogens (primary N) is 1. The smallest absolute Gasteiger partial charge is 0.216 e. The number of rotatable bonds is 1. The van der Waals surface area contributed by atoms with Gasteiger partial charge in [0.1, 0.15) is 0 Å². The van der Waals surface area contributed by atoms with E-state index in [0.717, 1.165) is 4.31 Å². The van der Waals surface area contributed by atoms with E-state index < -0.39 is 10.2 Å². The van der Waals surface area contributed by atoms with Crippen LogP contribution in [0.5, 0.6) is 0 Å². The molecule has 0 amide bonds. The Kier molecular flexibility index (Phi) is 4.74. The van der Waals surface area contributed by atoms with Gasteiger partial charge < -0.3 is 0 Å². The van der Waals surface area contributed by atoms with Gasteiger partial charge in [0, 0.05) is 14.1 Å². The van der Waals surface area contributed by atoms with E-state index in [-0.39, 0.29) is 17.0 Å². The first-order valence-corrected chi connectivity index (χ1v) is 3.15. The summed E-state index contributed by atoms with van der Waals surface area (Å²) in [5.41, 5.74) is 0. The lowest BCUT2D eigenvalue weighted by Crippen LogP contribution is -2.29. The molecule has 6 heteroatoms. The van der Waals surface area contributed by atoms with Crippen LogP contribution in [0.1, 0.15) is 0 Å². The molecule has 2 N–H and O–H groups in total. The number of nitrogens with zero attached hydrogens (tertiary/aromatic N) is 1. The minimum Gasteiger partial charge on any atom is -0.216 e. The molecule has 0 heterocycles. The summed E-state index contributed by atoms with van der Waals surface area (Å²) in [6.45, 7) is 0. The predicted molar refractivity (Wildman–Crippen MR) is 37.1 cm³/mol. The topological polar surface area (TPSA) is 63.4 Å². The highest BCUT2D eigenvalue weighted by molar-refractivity contribution is 8.93. The van der Waals surface area contributed by atoms with Gasteiger partial charge in [-0.2, -0.15) is 12.7 Å². The minimum absolute atomic E-state index is 0. The molecule has 0 saturated heterocycles. The molecule has 0 aromatic carbocycles. The molecule has 0 bridgehead atoms. The zero-order valence-electron chi connectivity index (χ0n) is 4.66. The predicted octanol–water partition coefficient (Wildman–Crippen LogP) is -0.671. The highest BCUT2D eigenvalue weighted by Crippen LogP contribution is 1.77. The maximum atomic E-state index is 10.0. The summed E-state index contributed by atoms with van der Waals surface area (Å²) in [4.78, 5) is 0. The van der Waals surface area contributed by atoms with Crippen molar-refractivity contribution in [2.75, 3.05) is 14.1 Å². The van der Waals surface area contributed by atoms with Gasteiger partial charge in [-0.15, -0.1) is 17.0 Å². The second-order valence-electron chi connectivity index (χ2n) is 1.33. The summed E-state index contributed by atoms with van der Waals surface area (Å²) in [6, 6.07) is 0. The van der Waals surface area contributed by atoms with Gasteiger partial charge in [-0.05, 0) is 0 Å². The van der Waals surface area contributed by atoms with Crippen LogP contribution in [0, 0.1) is 0 Å². The fourth-order valence-corrected chi connectivity index (χ4v) is 0. The molecule has 0 aromatic rings. The van der Waals surface area contributed by atoms with E-state index in [1.807, 2.05) is 0 Å². The summed E-state index contributed by atoms with van der Waals surface area (Å²) in [6.07, 6.45) is 0. The van der Waals surface area contributed by atoms with E-state index in [1.54, 1.807) is 0 Å². The molecular weight excluding hydrogens is 196 g/mol. The lowest BCUT2D eigenvalue weighted by molar-refractivity contribution is 0.522. The summed E-state index contributed by atoms with van der Waals surface area (Å²) >= 11 is 0. The Labute approximate surface area is 59.6 Å². The van der Waals surface area contributed by atoms with Crippen molar-refractivity contribution in [3.8, 4) is 0 Å². The lowest BCUT2D eigenvalue weighted by atomic mass is 11.3. The Hall–Kier alpha value is 0.350. The molecule has 0 unspecified atom stereocenters. The first-order valence-electron chi connectivity index (χ1n) is 1.65. The van der Waals surface area contributed by atoms with Crippen LogP contribution in [0.15, 0.2) is 0 Å². The van der Waals surface area contributed by atoms with Crippen molar-refractivity contribution in [1.29, 1.82) is 0 Å². The SMILES string of the molecule is Br.CN(C)S(N)(=O)=O. The van der Waals surface area contributed by atoms with Crippen LogP contribution in [-0.2, 0) is 10.2 Å². The van der Waals surface area contributed by atoms with Crippen molar-refractivity contribution in [3.63, 3.8) is 0 Å². The Morgan fingerprint density at radius 3 is 1.50 bits per heavy atom. The maximum absolute atomic E-state index is 10.0. The van der Waals surface area contributed by atoms with Crippen molar-refractivity contribution in [2.24, 2.45) is 5.14 Å². The number of hydrogen-bond acceptors (Lipinski definition) is 2. The van der Waals surface area contributed by atoms with E-state index in [1.165, 1.54) is 14.1 Å². The van der Waals surface area contributed by atoms with Gasteiger partial charge in [0.15, 0.2) is 0 Å². The molecular formula is C2H9BrN2O2S. The van der Waals surface area contributed by atoms with E-state index in [9.17, 15) is 8.42 Å². The average molecular weight is 205 g/mol. The standard InChI is InChI=1S/C2H8N2O2S.BrH/c1-4(2)7(3,5)6;/h1-2H3,(H2,3,5,6);1H. The molecule has 0 spiro atoms. The van der Waals surface area contributed by atoms with Crippen molar-refractivity contribution in [1.82, 2.24) is 4.31 Å². The summed E-state index contributed by atoms with van der Waals surface area (Å²) in [5, 5.41) is 4.58. The maximum Gasteiger partial charge on any atom is 0.276 e.